The van der Waals surface area contributed by atoms with Gasteiger partial charge < -0.3 is 10.0 Å². The zero-order valence-corrected chi connectivity index (χ0v) is 11.6. The molecular weight excluding hydrogens is 274 g/mol. The Morgan fingerprint density at radius 3 is 2.67 bits per heavy atom. The lowest BCUT2D eigenvalue weighted by Gasteiger charge is -2.19. The molecule has 2 rings (SSSR count). The van der Waals surface area contributed by atoms with E-state index in [1.54, 1.807) is 0 Å². The third kappa shape index (κ3) is 3.71. The largest absolute Gasteiger partial charge is 0.481 e. The zero-order chi connectivity index (χ0) is 15.4. The highest BCUT2D eigenvalue weighted by Gasteiger charge is 2.30. The monoisotopic (exact) mass is 291 g/mol. The molecule has 3 N–H and O–H groups in total. The number of nitrogens with zero attached hydrogens (tertiary/aromatic N) is 1. The molecule has 0 fully saturated rings. The summed E-state index contributed by atoms with van der Waals surface area (Å²) in [5, 5.41) is 8.97. The van der Waals surface area contributed by atoms with Gasteiger partial charge in [-0.15, -0.1) is 0 Å². The van der Waals surface area contributed by atoms with Crippen LogP contribution in [0.25, 0.3) is 0 Å². The van der Waals surface area contributed by atoms with Gasteiger partial charge in [-0.05, 0) is 11.6 Å². The molecule has 1 heterocycles. The number of carbonyl (C=O) groups excluding carboxylic acids is 2. The van der Waals surface area contributed by atoms with Crippen molar-refractivity contribution in [3.63, 3.8) is 0 Å². The van der Waals surface area contributed by atoms with Crippen molar-refractivity contribution in [1.29, 1.82) is 0 Å². The van der Waals surface area contributed by atoms with E-state index in [4.69, 9.17) is 5.11 Å². The van der Waals surface area contributed by atoms with Crippen molar-refractivity contribution in [2.24, 2.45) is 0 Å². The second-order valence-corrected chi connectivity index (χ2v) is 4.96. The van der Waals surface area contributed by atoms with Crippen LogP contribution in [0.3, 0.4) is 0 Å². The lowest BCUT2D eigenvalue weighted by molar-refractivity contribution is -0.137. The number of nitrogens with one attached hydrogen (secondary N) is 2. The molecule has 21 heavy (non-hydrogen) atoms. The van der Waals surface area contributed by atoms with Crippen LogP contribution >= 0.6 is 0 Å². The van der Waals surface area contributed by atoms with Crippen molar-refractivity contribution in [1.82, 2.24) is 10.9 Å². The number of hydrogen-bond acceptors (Lipinski definition) is 4. The first kappa shape index (κ1) is 14.8. The standard InChI is InChI=1S/C14H17N3O4/c1-9(18)15-16-13(19)8-17-7-10(6-14(20)21)11-4-2-3-5-12(11)17/h2-5,10H,6-8H2,1H3,(H,15,18)(H,16,19)(H,20,21). The highest BCUT2D eigenvalue weighted by atomic mass is 16.4. The first-order chi connectivity index (χ1) is 9.97. The molecule has 1 aromatic carbocycles. The highest BCUT2D eigenvalue weighted by molar-refractivity contribution is 5.85. The Morgan fingerprint density at radius 1 is 1.29 bits per heavy atom. The molecule has 1 unspecified atom stereocenters. The summed E-state index contributed by atoms with van der Waals surface area (Å²) in [5.74, 6) is -1.70. The van der Waals surface area contributed by atoms with Gasteiger partial charge in [0, 0.05) is 25.1 Å². The smallest absolute Gasteiger partial charge is 0.304 e. The maximum absolute atomic E-state index is 11.8. The fraction of sp³-hybridized carbons (Fsp3) is 0.357. The Balaban J connectivity index is 2.06. The Morgan fingerprint density at radius 2 is 2.00 bits per heavy atom. The summed E-state index contributed by atoms with van der Waals surface area (Å²) < 4.78 is 0. The van der Waals surface area contributed by atoms with Crippen molar-refractivity contribution >= 4 is 23.5 Å². The summed E-state index contributed by atoms with van der Waals surface area (Å²) in [6.45, 7) is 1.83. The van der Waals surface area contributed by atoms with E-state index in [9.17, 15) is 14.4 Å². The average Bonchev–Trinajstić information content (AvgIpc) is 2.74. The number of carboxylic acids is 1. The van der Waals surface area contributed by atoms with Gasteiger partial charge in [-0.3, -0.25) is 25.2 Å². The molecule has 1 aliphatic heterocycles. The number of benzene rings is 1. The number of fused-ring (bicyclic) bond motifs is 1. The van der Waals surface area contributed by atoms with Crippen molar-refractivity contribution in [3.8, 4) is 0 Å². The van der Waals surface area contributed by atoms with Gasteiger partial charge >= 0.3 is 5.97 Å². The van der Waals surface area contributed by atoms with E-state index in [0.29, 0.717) is 6.54 Å². The Hall–Kier alpha value is -2.57. The Bertz CT molecular complexity index is 573. The number of carbonyl (C=O) groups is 3. The van der Waals surface area contributed by atoms with Crippen LogP contribution in [-0.4, -0.2) is 36.0 Å². The number of carboxylic acid groups (broad SMARTS) is 1. The topological polar surface area (TPSA) is 98.7 Å². The summed E-state index contributed by atoms with van der Waals surface area (Å²) in [6, 6.07) is 7.45. The SMILES string of the molecule is CC(=O)NNC(=O)CN1CC(CC(=O)O)c2ccccc21. The molecule has 0 aliphatic carbocycles. The Labute approximate surface area is 121 Å². The van der Waals surface area contributed by atoms with Crippen molar-refractivity contribution in [2.75, 3.05) is 18.0 Å². The van der Waals surface area contributed by atoms with Gasteiger partial charge in [0.05, 0.1) is 13.0 Å². The maximum Gasteiger partial charge on any atom is 0.304 e. The molecule has 1 atom stereocenters. The summed E-state index contributed by atoms with van der Waals surface area (Å²) in [7, 11) is 0. The molecule has 7 nitrogen and oxygen atoms in total. The molecule has 0 saturated heterocycles. The molecule has 2 amide bonds. The van der Waals surface area contributed by atoms with E-state index in [1.807, 2.05) is 29.2 Å². The van der Waals surface area contributed by atoms with E-state index < -0.39 is 5.97 Å². The number of rotatable bonds is 4. The molecule has 0 spiro atoms. The van der Waals surface area contributed by atoms with Crippen LogP contribution in [0.4, 0.5) is 5.69 Å². The van der Waals surface area contributed by atoms with Crippen molar-refractivity contribution < 1.29 is 19.5 Å². The lowest BCUT2D eigenvalue weighted by Crippen LogP contribution is -2.45. The highest BCUT2D eigenvalue weighted by Crippen LogP contribution is 2.37. The van der Waals surface area contributed by atoms with E-state index in [-0.39, 0.29) is 30.7 Å². The van der Waals surface area contributed by atoms with Crippen LogP contribution < -0.4 is 15.8 Å². The third-order valence-electron chi connectivity index (χ3n) is 3.29. The number of para-hydroxylation sites is 1. The van der Waals surface area contributed by atoms with Gasteiger partial charge in [0.15, 0.2) is 0 Å². The fourth-order valence-corrected chi connectivity index (χ4v) is 2.49. The van der Waals surface area contributed by atoms with Gasteiger partial charge in [0.1, 0.15) is 0 Å². The summed E-state index contributed by atoms with van der Waals surface area (Å²) in [5.41, 5.74) is 6.33. The quantitative estimate of drug-likeness (QED) is 0.690. The minimum Gasteiger partial charge on any atom is -0.481 e. The molecule has 0 aromatic heterocycles. The van der Waals surface area contributed by atoms with Crippen LogP contribution in [0, 0.1) is 0 Å². The predicted molar refractivity (Wildman–Crippen MR) is 75.6 cm³/mol. The van der Waals surface area contributed by atoms with Crippen LogP contribution in [0.5, 0.6) is 0 Å². The molecule has 0 bridgehead atoms. The predicted octanol–water partition coefficient (Wildman–Crippen LogP) is 0.232. The minimum atomic E-state index is -0.862. The van der Waals surface area contributed by atoms with Crippen LogP contribution in [0.1, 0.15) is 24.8 Å². The molecule has 1 aliphatic rings. The van der Waals surface area contributed by atoms with Crippen molar-refractivity contribution in [2.45, 2.75) is 19.3 Å². The zero-order valence-electron chi connectivity index (χ0n) is 11.6. The van der Waals surface area contributed by atoms with E-state index in [1.165, 1.54) is 6.92 Å². The minimum absolute atomic E-state index is 0.0286. The average molecular weight is 291 g/mol. The van der Waals surface area contributed by atoms with Gasteiger partial charge in [-0.2, -0.15) is 0 Å². The fourth-order valence-electron chi connectivity index (χ4n) is 2.49. The van der Waals surface area contributed by atoms with Crippen LogP contribution in [0.15, 0.2) is 24.3 Å². The number of hydrazine groups is 1. The van der Waals surface area contributed by atoms with E-state index in [0.717, 1.165) is 11.3 Å². The first-order valence-corrected chi connectivity index (χ1v) is 6.58. The van der Waals surface area contributed by atoms with Gasteiger partial charge in [-0.1, -0.05) is 18.2 Å². The molecule has 0 radical (unpaired) electrons. The molecular formula is C14H17N3O4. The first-order valence-electron chi connectivity index (χ1n) is 6.58. The van der Waals surface area contributed by atoms with Gasteiger partial charge in [-0.25, -0.2) is 0 Å². The summed E-state index contributed by atoms with van der Waals surface area (Å²) in [6.07, 6.45) is 0.0286. The maximum atomic E-state index is 11.8. The Kier molecular flexibility index (Phi) is 4.42. The number of anilines is 1. The number of aliphatic carboxylic acids is 1. The van der Waals surface area contributed by atoms with E-state index >= 15 is 0 Å². The number of amides is 2. The normalized spacial score (nSPS) is 16.2. The molecule has 112 valence electrons. The summed E-state index contributed by atoms with van der Waals surface area (Å²) >= 11 is 0. The van der Waals surface area contributed by atoms with Gasteiger partial charge in [0.2, 0.25) is 5.91 Å². The second-order valence-electron chi connectivity index (χ2n) is 4.96. The van der Waals surface area contributed by atoms with Crippen LogP contribution in [-0.2, 0) is 14.4 Å². The molecule has 7 heteroatoms. The molecule has 0 saturated carbocycles. The summed E-state index contributed by atoms with van der Waals surface area (Å²) in [4.78, 5) is 35.3. The van der Waals surface area contributed by atoms with Crippen LogP contribution in [0.2, 0.25) is 0 Å². The number of hydrogen-bond donors (Lipinski definition) is 3. The lowest BCUT2D eigenvalue weighted by atomic mass is 9.98. The second kappa shape index (κ2) is 6.25. The van der Waals surface area contributed by atoms with Crippen molar-refractivity contribution in [3.05, 3.63) is 29.8 Å². The molecule has 1 aromatic rings. The van der Waals surface area contributed by atoms with Gasteiger partial charge in [0.25, 0.3) is 5.91 Å². The third-order valence-corrected chi connectivity index (χ3v) is 3.29. The van der Waals surface area contributed by atoms with E-state index in [2.05, 4.69) is 10.9 Å².